The van der Waals surface area contributed by atoms with Gasteiger partial charge in [-0.15, -0.1) is 0 Å². The lowest BCUT2D eigenvalue weighted by molar-refractivity contribution is 0.0997. The predicted octanol–water partition coefficient (Wildman–Crippen LogP) is 3.47. The molecule has 0 spiro atoms. The summed E-state index contributed by atoms with van der Waals surface area (Å²) >= 11 is 0. The first-order valence-electron chi connectivity index (χ1n) is 9.56. The number of pyridine rings is 1. The molecule has 0 saturated carbocycles. The fourth-order valence-electron chi connectivity index (χ4n) is 3.06. The number of carbonyl (C=O) groups is 1. The van der Waals surface area contributed by atoms with E-state index in [1.165, 1.54) is 12.1 Å². The maximum atomic E-state index is 12.9. The predicted molar refractivity (Wildman–Crippen MR) is 118 cm³/mol. The topological polar surface area (TPSA) is 128 Å². The zero-order valence-electron chi connectivity index (χ0n) is 17.5. The summed E-state index contributed by atoms with van der Waals surface area (Å²) in [7, 11) is -3.33. The number of hydrogen-bond donors (Lipinski definition) is 1. The normalized spacial score (nSPS) is 11.3. The molecule has 0 aliphatic heterocycles. The molecule has 162 valence electrons. The van der Waals surface area contributed by atoms with Crippen LogP contribution in [0.3, 0.4) is 0 Å². The number of hydrogen-bond acceptors (Lipinski definition) is 8. The van der Waals surface area contributed by atoms with Crippen molar-refractivity contribution in [2.24, 2.45) is 0 Å². The van der Waals surface area contributed by atoms with Crippen LogP contribution < -0.4 is 5.32 Å². The van der Waals surface area contributed by atoms with E-state index in [0.29, 0.717) is 22.8 Å². The Labute approximate surface area is 184 Å². The summed E-state index contributed by atoms with van der Waals surface area (Å²) in [4.78, 5) is 30.4. The summed E-state index contributed by atoms with van der Waals surface area (Å²) < 4.78 is 28.7. The van der Waals surface area contributed by atoms with Crippen LogP contribution in [0.2, 0.25) is 0 Å². The molecule has 4 rings (SSSR count). The summed E-state index contributed by atoms with van der Waals surface area (Å²) in [6, 6.07) is 13.2. The van der Waals surface area contributed by atoms with Crippen molar-refractivity contribution in [3.05, 3.63) is 72.1 Å². The molecule has 4 aromatic rings. The number of anilines is 1. The van der Waals surface area contributed by atoms with Crippen LogP contribution in [-0.2, 0) is 9.84 Å². The molecule has 0 unspecified atom stereocenters. The van der Waals surface area contributed by atoms with Gasteiger partial charge in [0, 0.05) is 29.3 Å². The van der Waals surface area contributed by atoms with E-state index in [1.54, 1.807) is 31.2 Å². The van der Waals surface area contributed by atoms with Crippen LogP contribution in [0.4, 0.5) is 5.82 Å². The van der Waals surface area contributed by atoms with E-state index in [4.69, 9.17) is 4.42 Å². The Hall–Kier alpha value is -3.92. The lowest BCUT2D eigenvalue weighted by Crippen LogP contribution is -2.14. The second-order valence-electron chi connectivity index (χ2n) is 7.16. The van der Waals surface area contributed by atoms with Crippen molar-refractivity contribution in [3.8, 4) is 22.8 Å². The fraction of sp³-hybridized carbons (Fsp3) is 0.136. The van der Waals surface area contributed by atoms with Crippen LogP contribution in [-0.4, -0.2) is 40.5 Å². The molecule has 0 fully saturated rings. The Kier molecular flexibility index (Phi) is 5.54. The van der Waals surface area contributed by atoms with E-state index in [0.717, 1.165) is 18.3 Å². The van der Waals surface area contributed by atoms with Crippen molar-refractivity contribution in [2.75, 3.05) is 11.6 Å². The highest BCUT2D eigenvalue weighted by Gasteiger charge is 2.20. The van der Waals surface area contributed by atoms with Crippen LogP contribution in [0.1, 0.15) is 21.9 Å². The third kappa shape index (κ3) is 4.54. The van der Waals surface area contributed by atoms with Crippen molar-refractivity contribution in [2.45, 2.75) is 18.7 Å². The highest BCUT2D eigenvalue weighted by Crippen LogP contribution is 2.25. The summed E-state index contributed by atoms with van der Waals surface area (Å²) in [6.07, 6.45) is 2.28. The highest BCUT2D eigenvalue weighted by molar-refractivity contribution is 7.90. The summed E-state index contributed by atoms with van der Waals surface area (Å²) in [5.74, 6) is 0.100. The standard InChI is InChI=1S/C22H19N5O4S/c1-13-5-4-6-17(24-13)21-25-14(2)11-18(26-21)27-22(28)20-19(23-12-31-20)15-7-9-16(10-8-15)32(3,29)30/h4-12H,1-3H3,(H,25,26,27,28). The average molecular weight is 449 g/mol. The first kappa shape index (κ1) is 21.3. The first-order valence-corrected chi connectivity index (χ1v) is 11.4. The number of benzene rings is 1. The number of oxazole rings is 1. The number of amides is 1. The van der Waals surface area contributed by atoms with Gasteiger partial charge in [0.25, 0.3) is 5.91 Å². The van der Waals surface area contributed by atoms with Crippen molar-refractivity contribution in [1.82, 2.24) is 19.9 Å². The number of aryl methyl sites for hydroxylation is 2. The second-order valence-corrected chi connectivity index (χ2v) is 9.18. The number of nitrogens with one attached hydrogen (secondary N) is 1. The first-order chi connectivity index (χ1) is 15.2. The summed E-state index contributed by atoms with van der Waals surface area (Å²) in [5, 5.41) is 2.71. The third-order valence-corrected chi connectivity index (χ3v) is 5.67. The molecule has 0 aliphatic rings. The van der Waals surface area contributed by atoms with Gasteiger partial charge in [0.2, 0.25) is 5.76 Å². The van der Waals surface area contributed by atoms with Gasteiger partial charge in [-0.2, -0.15) is 0 Å². The molecule has 0 aliphatic carbocycles. The van der Waals surface area contributed by atoms with Crippen LogP contribution in [0.15, 0.2) is 64.2 Å². The second kappa shape index (κ2) is 8.31. The van der Waals surface area contributed by atoms with Gasteiger partial charge in [-0.25, -0.2) is 28.4 Å². The number of aromatic nitrogens is 4. The van der Waals surface area contributed by atoms with Gasteiger partial charge in [0.1, 0.15) is 17.2 Å². The van der Waals surface area contributed by atoms with Gasteiger partial charge in [0.15, 0.2) is 22.1 Å². The lowest BCUT2D eigenvalue weighted by atomic mass is 10.1. The van der Waals surface area contributed by atoms with Crippen molar-refractivity contribution >= 4 is 21.6 Å². The zero-order valence-corrected chi connectivity index (χ0v) is 18.3. The van der Waals surface area contributed by atoms with Gasteiger partial charge in [-0.3, -0.25) is 4.79 Å². The van der Waals surface area contributed by atoms with Crippen molar-refractivity contribution in [3.63, 3.8) is 0 Å². The fourth-order valence-corrected chi connectivity index (χ4v) is 3.69. The van der Waals surface area contributed by atoms with Crippen LogP contribution in [0, 0.1) is 13.8 Å². The third-order valence-electron chi connectivity index (χ3n) is 4.54. The Morgan fingerprint density at radius 1 is 0.969 bits per heavy atom. The molecule has 3 aromatic heterocycles. The average Bonchev–Trinajstić information content (AvgIpc) is 3.23. The lowest BCUT2D eigenvalue weighted by Gasteiger charge is -2.08. The molecule has 1 aromatic carbocycles. The molecule has 0 atom stereocenters. The largest absolute Gasteiger partial charge is 0.438 e. The molecular weight excluding hydrogens is 430 g/mol. The van der Waals surface area contributed by atoms with Gasteiger partial charge < -0.3 is 9.73 Å². The Morgan fingerprint density at radius 3 is 2.41 bits per heavy atom. The van der Waals surface area contributed by atoms with E-state index >= 15 is 0 Å². The minimum atomic E-state index is -3.33. The SMILES string of the molecule is Cc1cccc(-c2nc(C)cc(NC(=O)c3ocnc3-c3ccc(S(C)(=O)=O)cc3)n2)n1. The summed E-state index contributed by atoms with van der Waals surface area (Å²) in [6.45, 7) is 3.66. The summed E-state index contributed by atoms with van der Waals surface area (Å²) in [5.41, 5.74) is 2.90. The Morgan fingerprint density at radius 2 is 1.72 bits per heavy atom. The molecule has 3 heterocycles. The van der Waals surface area contributed by atoms with E-state index in [9.17, 15) is 13.2 Å². The number of nitrogens with zero attached hydrogens (tertiary/aromatic N) is 4. The monoisotopic (exact) mass is 449 g/mol. The number of rotatable bonds is 5. The molecular formula is C22H19N5O4S. The minimum Gasteiger partial charge on any atom is -0.438 e. The molecule has 1 amide bonds. The molecule has 0 bridgehead atoms. The quantitative estimate of drug-likeness (QED) is 0.490. The van der Waals surface area contributed by atoms with E-state index in [-0.39, 0.29) is 22.2 Å². The molecule has 32 heavy (non-hydrogen) atoms. The minimum absolute atomic E-state index is 0.0244. The van der Waals surface area contributed by atoms with E-state index in [1.807, 2.05) is 19.1 Å². The molecule has 9 nitrogen and oxygen atoms in total. The van der Waals surface area contributed by atoms with Gasteiger partial charge >= 0.3 is 0 Å². The van der Waals surface area contributed by atoms with Gasteiger partial charge in [-0.1, -0.05) is 18.2 Å². The smallest absolute Gasteiger partial charge is 0.294 e. The molecule has 0 radical (unpaired) electrons. The van der Waals surface area contributed by atoms with E-state index in [2.05, 4.69) is 25.3 Å². The maximum absolute atomic E-state index is 12.9. The van der Waals surface area contributed by atoms with Crippen LogP contribution in [0.5, 0.6) is 0 Å². The Bertz CT molecular complexity index is 1410. The van der Waals surface area contributed by atoms with Crippen molar-refractivity contribution in [1.29, 1.82) is 0 Å². The molecule has 0 saturated heterocycles. The highest BCUT2D eigenvalue weighted by atomic mass is 32.2. The Balaban J connectivity index is 1.62. The van der Waals surface area contributed by atoms with Crippen LogP contribution >= 0.6 is 0 Å². The molecule has 10 heteroatoms. The zero-order chi connectivity index (χ0) is 22.9. The molecule has 1 N–H and O–H groups in total. The van der Waals surface area contributed by atoms with Gasteiger partial charge in [-0.05, 0) is 38.1 Å². The van der Waals surface area contributed by atoms with Crippen molar-refractivity contribution < 1.29 is 17.6 Å². The number of sulfone groups is 1. The number of carbonyl (C=O) groups excluding carboxylic acids is 1. The van der Waals surface area contributed by atoms with Gasteiger partial charge in [0.05, 0.1) is 4.90 Å². The van der Waals surface area contributed by atoms with Crippen LogP contribution in [0.25, 0.3) is 22.8 Å². The maximum Gasteiger partial charge on any atom is 0.294 e. The van der Waals surface area contributed by atoms with E-state index < -0.39 is 15.7 Å².